The maximum Gasteiger partial charge on any atom is 0.0401 e. The van der Waals surface area contributed by atoms with Crippen molar-refractivity contribution in [2.75, 3.05) is 0 Å². The van der Waals surface area contributed by atoms with E-state index >= 15 is 0 Å². The Morgan fingerprint density at radius 1 is 1.44 bits per heavy atom. The van der Waals surface area contributed by atoms with Crippen LogP contribution in [0.3, 0.4) is 0 Å². The fourth-order valence-electron chi connectivity index (χ4n) is 1.72. The van der Waals surface area contributed by atoms with Crippen LogP contribution in [0.1, 0.15) is 27.2 Å². The van der Waals surface area contributed by atoms with E-state index in [1.165, 1.54) is 6.42 Å². The van der Waals surface area contributed by atoms with Crippen LogP contribution < -0.4 is 0 Å². The highest BCUT2D eigenvalue weighted by Gasteiger charge is 2.48. The van der Waals surface area contributed by atoms with Crippen LogP contribution >= 0.6 is 11.6 Å². The second-order valence-electron chi connectivity index (χ2n) is 3.34. The van der Waals surface area contributed by atoms with Crippen molar-refractivity contribution in [2.24, 2.45) is 17.8 Å². The molecule has 1 rings (SSSR count). The molecule has 0 radical (unpaired) electrons. The third-order valence-corrected chi connectivity index (χ3v) is 2.99. The van der Waals surface area contributed by atoms with Gasteiger partial charge in [0.15, 0.2) is 0 Å². The van der Waals surface area contributed by atoms with E-state index in [9.17, 15) is 0 Å². The van der Waals surface area contributed by atoms with Gasteiger partial charge in [-0.15, -0.1) is 11.6 Å². The minimum atomic E-state index is 0.495. The first-order chi connectivity index (χ1) is 4.18. The Balaban J connectivity index is 2.33. The van der Waals surface area contributed by atoms with Gasteiger partial charge in [0, 0.05) is 5.38 Å². The molecule has 0 aliphatic heterocycles. The molecule has 54 valence electrons. The molecule has 1 saturated carbocycles. The molecule has 3 atom stereocenters. The van der Waals surface area contributed by atoms with Gasteiger partial charge in [-0.3, -0.25) is 0 Å². The lowest BCUT2D eigenvalue weighted by Crippen LogP contribution is -1.92. The quantitative estimate of drug-likeness (QED) is 0.526. The molecule has 0 bridgehead atoms. The maximum absolute atomic E-state index is 6.01. The molecule has 0 nitrogen and oxygen atoms in total. The molecule has 0 N–H and O–H groups in total. The van der Waals surface area contributed by atoms with Crippen LogP contribution in [-0.2, 0) is 0 Å². The van der Waals surface area contributed by atoms with Gasteiger partial charge in [-0.2, -0.15) is 0 Å². The molecule has 0 amide bonds. The molecular weight excluding hydrogens is 132 g/mol. The van der Waals surface area contributed by atoms with Crippen LogP contribution in [0.4, 0.5) is 0 Å². The van der Waals surface area contributed by atoms with Crippen molar-refractivity contribution in [3.05, 3.63) is 0 Å². The summed E-state index contributed by atoms with van der Waals surface area (Å²) in [7, 11) is 0. The maximum atomic E-state index is 6.01. The summed E-state index contributed by atoms with van der Waals surface area (Å²) in [4.78, 5) is 0. The fourth-order valence-corrected chi connectivity index (χ4v) is 2.46. The molecule has 1 aliphatic carbocycles. The highest BCUT2D eigenvalue weighted by atomic mass is 35.5. The normalized spacial score (nSPS) is 41.7. The van der Waals surface area contributed by atoms with Crippen LogP contribution in [0.15, 0.2) is 0 Å². The first-order valence-corrected chi connectivity index (χ1v) is 4.26. The molecule has 3 unspecified atom stereocenters. The van der Waals surface area contributed by atoms with Gasteiger partial charge in [0.2, 0.25) is 0 Å². The van der Waals surface area contributed by atoms with Gasteiger partial charge in [0.05, 0.1) is 0 Å². The largest absolute Gasteiger partial charge is 0.122 e. The van der Waals surface area contributed by atoms with Gasteiger partial charge in [0.1, 0.15) is 0 Å². The van der Waals surface area contributed by atoms with Crippen LogP contribution in [-0.4, -0.2) is 5.38 Å². The zero-order valence-corrected chi connectivity index (χ0v) is 7.15. The monoisotopic (exact) mass is 146 g/mol. The zero-order chi connectivity index (χ0) is 7.02. The molecule has 1 aliphatic rings. The average Bonchev–Trinajstić information content (AvgIpc) is 2.40. The number of hydrogen-bond donors (Lipinski definition) is 0. The van der Waals surface area contributed by atoms with Crippen LogP contribution in [0.2, 0.25) is 0 Å². The van der Waals surface area contributed by atoms with Crippen molar-refractivity contribution >= 4 is 11.6 Å². The molecule has 0 saturated heterocycles. The molecule has 1 heteroatoms. The lowest BCUT2D eigenvalue weighted by atomic mass is 10.1. The number of alkyl halides is 1. The predicted molar refractivity (Wildman–Crippen MR) is 41.8 cm³/mol. The van der Waals surface area contributed by atoms with Crippen LogP contribution in [0, 0.1) is 17.8 Å². The SMILES string of the molecule is CCC1C(Cl)C1C(C)C. The molecule has 0 spiro atoms. The second kappa shape index (κ2) is 2.49. The van der Waals surface area contributed by atoms with Gasteiger partial charge in [-0.25, -0.2) is 0 Å². The first-order valence-electron chi connectivity index (χ1n) is 3.82. The number of rotatable bonds is 2. The molecule has 1 fully saturated rings. The molecular formula is C8H15Cl. The number of hydrogen-bond acceptors (Lipinski definition) is 0. The molecule has 0 aromatic rings. The smallest absolute Gasteiger partial charge is 0.0401 e. The van der Waals surface area contributed by atoms with Crippen molar-refractivity contribution in [3.8, 4) is 0 Å². The van der Waals surface area contributed by atoms with Gasteiger partial charge < -0.3 is 0 Å². The zero-order valence-electron chi connectivity index (χ0n) is 6.39. The highest BCUT2D eigenvalue weighted by molar-refractivity contribution is 6.23. The van der Waals surface area contributed by atoms with Crippen molar-refractivity contribution in [1.82, 2.24) is 0 Å². The summed E-state index contributed by atoms with van der Waals surface area (Å²) < 4.78 is 0. The Morgan fingerprint density at radius 3 is 2.11 bits per heavy atom. The van der Waals surface area contributed by atoms with E-state index in [1.54, 1.807) is 0 Å². The molecule has 9 heavy (non-hydrogen) atoms. The summed E-state index contributed by atoms with van der Waals surface area (Å²) in [5, 5.41) is 0.495. The van der Waals surface area contributed by atoms with Gasteiger partial charge in [0.25, 0.3) is 0 Å². The topological polar surface area (TPSA) is 0 Å². The van der Waals surface area contributed by atoms with Crippen molar-refractivity contribution in [3.63, 3.8) is 0 Å². The molecule has 0 aromatic heterocycles. The van der Waals surface area contributed by atoms with E-state index in [0.29, 0.717) is 5.38 Å². The Morgan fingerprint density at radius 2 is 2.00 bits per heavy atom. The minimum Gasteiger partial charge on any atom is -0.122 e. The number of halogens is 1. The van der Waals surface area contributed by atoms with E-state index < -0.39 is 0 Å². The summed E-state index contributed by atoms with van der Waals surface area (Å²) in [5.41, 5.74) is 0. The summed E-state index contributed by atoms with van der Waals surface area (Å²) >= 11 is 6.01. The standard InChI is InChI=1S/C8H15Cl/c1-4-6-7(5(2)3)8(6)9/h5-8H,4H2,1-3H3. The lowest BCUT2D eigenvalue weighted by molar-refractivity contribution is 0.512. The summed E-state index contributed by atoms with van der Waals surface area (Å²) in [5.74, 6) is 2.43. The van der Waals surface area contributed by atoms with E-state index in [-0.39, 0.29) is 0 Å². The summed E-state index contributed by atoms with van der Waals surface area (Å²) in [6, 6.07) is 0. The average molecular weight is 147 g/mol. The summed E-state index contributed by atoms with van der Waals surface area (Å²) in [6.07, 6.45) is 1.26. The van der Waals surface area contributed by atoms with Crippen LogP contribution in [0.5, 0.6) is 0 Å². The minimum absolute atomic E-state index is 0.495. The van der Waals surface area contributed by atoms with Gasteiger partial charge >= 0.3 is 0 Å². The Labute approximate surface area is 62.6 Å². The Bertz CT molecular complexity index is 98.7. The van der Waals surface area contributed by atoms with Gasteiger partial charge in [-0.05, 0) is 17.8 Å². The molecule has 0 heterocycles. The highest BCUT2D eigenvalue weighted by Crippen LogP contribution is 2.50. The van der Waals surface area contributed by atoms with Crippen molar-refractivity contribution < 1.29 is 0 Å². The first kappa shape index (κ1) is 7.40. The van der Waals surface area contributed by atoms with E-state index in [1.807, 2.05) is 0 Å². The molecule has 0 aromatic carbocycles. The van der Waals surface area contributed by atoms with E-state index in [2.05, 4.69) is 20.8 Å². The second-order valence-corrected chi connectivity index (χ2v) is 3.84. The van der Waals surface area contributed by atoms with E-state index in [4.69, 9.17) is 11.6 Å². The van der Waals surface area contributed by atoms with E-state index in [0.717, 1.165) is 17.8 Å². The lowest BCUT2D eigenvalue weighted by Gasteiger charge is -1.98. The Kier molecular flexibility index (Phi) is 2.05. The fraction of sp³-hybridized carbons (Fsp3) is 1.00. The third kappa shape index (κ3) is 1.24. The predicted octanol–water partition coefficient (Wildman–Crippen LogP) is 2.91. The van der Waals surface area contributed by atoms with Gasteiger partial charge in [-0.1, -0.05) is 27.2 Å². The Hall–Kier alpha value is 0.290. The summed E-state index contributed by atoms with van der Waals surface area (Å²) in [6.45, 7) is 6.74. The van der Waals surface area contributed by atoms with Crippen LogP contribution in [0.25, 0.3) is 0 Å². The third-order valence-electron chi connectivity index (χ3n) is 2.37. The van der Waals surface area contributed by atoms with Crippen molar-refractivity contribution in [2.45, 2.75) is 32.6 Å². The van der Waals surface area contributed by atoms with Crippen molar-refractivity contribution in [1.29, 1.82) is 0 Å².